The van der Waals surface area contributed by atoms with Crippen LogP contribution in [0.5, 0.6) is 0 Å². The van der Waals surface area contributed by atoms with E-state index in [1.54, 1.807) is 18.2 Å². The van der Waals surface area contributed by atoms with Gasteiger partial charge in [-0.25, -0.2) is 4.39 Å². The lowest BCUT2D eigenvalue weighted by molar-refractivity contribution is -0.116. The molecule has 1 aromatic carbocycles. The van der Waals surface area contributed by atoms with E-state index in [4.69, 9.17) is 0 Å². The minimum Gasteiger partial charge on any atom is -0.298 e. The molecule has 0 aliphatic carbocycles. The fourth-order valence-electron chi connectivity index (χ4n) is 1.14. The number of carbonyl (C=O) groups is 1. The van der Waals surface area contributed by atoms with Crippen LogP contribution < -0.4 is 0 Å². The van der Waals surface area contributed by atoms with Crippen molar-refractivity contribution >= 4 is 37.6 Å². The maximum absolute atomic E-state index is 12.6. The summed E-state index contributed by atoms with van der Waals surface area (Å²) >= 11 is 6.53. The highest BCUT2D eigenvalue weighted by molar-refractivity contribution is 9.10. The molecule has 0 saturated carbocycles. The number of rotatable bonds is 3. The van der Waals surface area contributed by atoms with Gasteiger partial charge in [-0.15, -0.1) is 0 Å². The molecule has 0 spiro atoms. The van der Waals surface area contributed by atoms with E-state index in [1.807, 2.05) is 0 Å². The molecule has 1 nitrogen and oxygen atoms in total. The van der Waals surface area contributed by atoms with Crippen LogP contribution >= 0.6 is 31.9 Å². The molecule has 1 aromatic rings. The molecule has 1 rings (SSSR count). The van der Waals surface area contributed by atoms with E-state index in [2.05, 4.69) is 31.9 Å². The number of halogens is 3. The van der Waals surface area contributed by atoms with E-state index in [1.165, 1.54) is 6.92 Å². The van der Waals surface area contributed by atoms with Crippen molar-refractivity contribution in [2.24, 2.45) is 0 Å². The predicted octanol–water partition coefficient (Wildman–Crippen LogP) is 3.94. The molecule has 0 saturated heterocycles. The average Bonchev–Trinajstić information content (AvgIpc) is 2.16. The van der Waals surface area contributed by atoms with Gasteiger partial charge in [0.05, 0.1) is 4.83 Å². The lowest BCUT2D eigenvalue weighted by atomic mass is 10.0. The van der Waals surface area contributed by atoms with Gasteiger partial charge in [0.15, 0.2) is 0 Å². The van der Waals surface area contributed by atoms with Crippen LogP contribution in [0.25, 0.3) is 0 Å². The number of hydrogen-bond donors (Lipinski definition) is 0. The molecule has 14 heavy (non-hydrogen) atoms. The molecule has 0 radical (unpaired) electrons. The Morgan fingerprint density at radius 1 is 1.57 bits per heavy atom. The summed E-state index contributed by atoms with van der Waals surface area (Å²) in [7, 11) is 0. The molecule has 0 N–H and O–H groups in total. The molecule has 76 valence electrons. The number of ketones is 1. The lowest BCUT2D eigenvalue weighted by Crippen LogP contribution is -2.04. The van der Waals surface area contributed by atoms with Gasteiger partial charge in [0, 0.05) is 4.47 Å². The number of carbonyl (C=O) groups excluding carboxylic acids is 1. The summed E-state index contributed by atoms with van der Waals surface area (Å²) in [6.45, 7) is 0.917. The van der Waals surface area contributed by atoms with Crippen LogP contribution in [0.15, 0.2) is 22.7 Å². The van der Waals surface area contributed by atoms with E-state index in [9.17, 15) is 9.18 Å². The van der Waals surface area contributed by atoms with Crippen molar-refractivity contribution in [3.8, 4) is 0 Å². The second kappa shape index (κ2) is 5.03. The molecule has 0 fully saturated rings. The number of hydrogen-bond acceptors (Lipinski definition) is 1. The molecule has 0 amide bonds. The zero-order valence-corrected chi connectivity index (χ0v) is 10.7. The molecule has 4 heteroatoms. The second-order valence-corrected chi connectivity index (χ2v) is 4.78. The minimum atomic E-state index is -0.558. The maximum Gasteiger partial charge on any atom is 0.147 e. The first-order valence-electron chi connectivity index (χ1n) is 4.05. The van der Waals surface area contributed by atoms with E-state index >= 15 is 0 Å². The summed E-state index contributed by atoms with van der Waals surface area (Å²) in [5.41, 5.74) is 1.24. The summed E-state index contributed by atoms with van der Waals surface area (Å²) < 4.78 is 13.4. The Kier molecular flexibility index (Phi) is 4.26. The van der Waals surface area contributed by atoms with Crippen molar-refractivity contribution in [2.75, 3.05) is 0 Å². The second-order valence-electron chi connectivity index (χ2n) is 2.95. The molecule has 0 bridgehead atoms. The predicted molar refractivity (Wildman–Crippen MR) is 61.3 cm³/mol. The number of alkyl halides is 2. The van der Waals surface area contributed by atoms with Crippen molar-refractivity contribution in [3.63, 3.8) is 0 Å². The van der Waals surface area contributed by atoms with Gasteiger partial charge in [0.1, 0.15) is 12.5 Å². The number of benzene rings is 1. The SMILES string of the molecule is CC(=O)C(Br)c1cc(Br)ccc1CF. The van der Waals surface area contributed by atoms with E-state index in [-0.39, 0.29) is 5.78 Å². The monoisotopic (exact) mass is 322 g/mol. The highest BCUT2D eigenvalue weighted by Crippen LogP contribution is 2.29. The highest BCUT2D eigenvalue weighted by atomic mass is 79.9. The number of Topliss-reactive ketones (excluding diaryl/α,β-unsaturated/α-hetero) is 1. The Morgan fingerprint density at radius 2 is 2.21 bits per heavy atom. The normalized spacial score (nSPS) is 12.6. The highest BCUT2D eigenvalue weighted by Gasteiger charge is 2.16. The van der Waals surface area contributed by atoms with Crippen molar-refractivity contribution < 1.29 is 9.18 Å². The van der Waals surface area contributed by atoms with Crippen LogP contribution in [0.4, 0.5) is 4.39 Å². The summed E-state index contributed by atoms with van der Waals surface area (Å²) in [5, 5.41) is 0. The zero-order chi connectivity index (χ0) is 10.7. The van der Waals surface area contributed by atoms with Crippen LogP contribution in [0, 0.1) is 0 Å². The van der Waals surface area contributed by atoms with Gasteiger partial charge in [0.2, 0.25) is 0 Å². The van der Waals surface area contributed by atoms with E-state index in [0.717, 1.165) is 4.47 Å². The van der Waals surface area contributed by atoms with E-state index < -0.39 is 11.5 Å². The van der Waals surface area contributed by atoms with Gasteiger partial charge in [-0.1, -0.05) is 37.9 Å². The third-order valence-electron chi connectivity index (χ3n) is 1.88. The molecule has 0 aromatic heterocycles. The third kappa shape index (κ3) is 2.64. The molecule has 0 aliphatic heterocycles. The maximum atomic E-state index is 12.6. The molecule has 0 heterocycles. The Bertz CT molecular complexity index is 352. The summed E-state index contributed by atoms with van der Waals surface area (Å²) in [6, 6.07) is 5.20. The fourth-order valence-corrected chi connectivity index (χ4v) is 1.95. The van der Waals surface area contributed by atoms with Crippen LogP contribution in [-0.2, 0) is 11.5 Å². The van der Waals surface area contributed by atoms with Crippen molar-refractivity contribution in [2.45, 2.75) is 18.4 Å². The zero-order valence-electron chi connectivity index (χ0n) is 7.56. The summed E-state index contributed by atoms with van der Waals surface area (Å²) in [5.74, 6) is -0.0298. The Hall–Kier alpha value is -0.220. The first kappa shape index (κ1) is 11.9. The topological polar surface area (TPSA) is 17.1 Å². The van der Waals surface area contributed by atoms with Crippen LogP contribution in [-0.4, -0.2) is 5.78 Å². The average molecular weight is 324 g/mol. The molecular formula is C10H9Br2FO. The Labute approximate surface area is 99.0 Å². The molecule has 1 atom stereocenters. The Balaban J connectivity index is 3.16. The first-order valence-corrected chi connectivity index (χ1v) is 5.76. The lowest BCUT2D eigenvalue weighted by Gasteiger charge is -2.10. The quantitative estimate of drug-likeness (QED) is 0.770. The molecule has 0 aliphatic rings. The van der Waals surface area contributed by atoms with Crippen LogP contribution in [0.1, 0.15) is 22.9 Å². The van der Waals surface area contributed by atoms with Crippen LogP contribution in [0.3, 0.4) is 0 Å². The Morgan fingerprint density at radius 3 is 2.71 bits per heavy atom. The first-order chi connectivity index (χ1) is 6.56. The van der Waals surface area contributed by atoms with Crippen LogP contribution in [0.2, 0.25) is 0 Å². The third-order valence-corrected chi connectivity index (χ3v) is 3.51. The van der Waals surface area contributed by atoms with Gasteiger partial charge in [-0.2, -0.15) is 0 Å². The standard InChI is InChI=1S/C10H9Br2FO/c1-6(14)10(12)9-4-8(11)3-2-7(9)5-13/h2-4,10H,5H2,1H3. The molecular weight excluding hydrogens is 315 g/mol. The van der Waals surface area contributed by atoms with Gasteiger partial charge in [0.25, 0.3) is 0 Å². The van der Waals surface area contributed by atoms with E-state index in [0.29, 0.717) is 11.1 Å². The van der Waals surface area contributed by atoms with Crippen molar-refractivity contribution in [3.05, 3.63) is 33.8 Å². The smallest absolute Gasteiger partial charge is 0.147 e. The minimum absolute atomic E-state index is 0.0298. The van der Waals surface area contributed by atoms with Crippen molar-refractivity contribution in [1.82, 2.24) is 0 Å². The van der Waals surface area contributed by atoms with Crippen molar-refractivity contribution in [1.29, 1.82) is 0 Å². The summed E-state index contributed by atoms with van der Waals surface area (Å²) in [4.78, 5) is 10.7. The fraction of sp³-hybridized carbons (Fsp3) is 0.300. The van der Waals surface area contributed by atoms with Gasteiger partial charge in [-0.05, 0) is 30.2 Å². The van der Waals surface area contributed by atoms with Gasteiger partial charge in [-0.3, -0.25) is 4.79 Å². The summed E-state index contributed by atoms with van der Waals surface area (Å²) in [6.07, 6.45) is 0. The van der Waals surface area contributed by atoms with Gasteiger partial charge < -0.3 is 0 Å². The van der Waals surface area contributed by atoms with Gasteiger partial charge >= 0.3 is 0 Å². The molecule has 1 unspecified atom stereocenters. The largest absolute Gasteiger partial charge is 0.298 e.